The molecule has 138 valence electrons. The maximum atomic E-state index is 13.1. The standard InChI is InChI=1S/C23H29NO2/c1-2-3-4-5-9-16-21-19-14-10-11-15-20(19)23(26)24(21)22(17-25)18-12-7-6-8-13-18/h6-8,10-15,21-22,25H,2-5,9,16-17H2,1H3/t21-,22+/m0/s1. The second-order valence-corrected chi connectivity index (χ2v) is 7.13. The van der Waals surface area contributed by atoms with Gasteiger partial charge in [-0.3, -0.25) is 4.79 Å². The maximum absolute atomic E-state index is 13.1. The van der Waals surface area contributed by atoms with Crippen molar-refractivity contribution in [2.24, 2.45) is 0 Å². The highest BCUT2D eigenvalue weighted by atomic mass is 16.3. The Morgan fingerprint density at radius 1 is 0.962 bits per heavy atom. The lowest BCUT2D eigenvalue weighted by molar-refractivity contribution is 0.0501. The minimum Gasteiger partial charge on any atom is -0.394 e. The summed E-state index contributed by atoms with van der Waals surface area (Å²) >= 11 is 0. The summed E-state index contributed by atoms with van der Waals surface area (Å²) in [4.78, 5) is 15.0. The van der Waals surface area contributed by atoms with Gasteiger partial charge in [-0.15, -0.1) is 0 Å². The van der Waals surface area contributed by atoms with Crippen LogP contribution in [-0.2, 0) is 0 Å². The topological polar surface area (TPSA) is 40.5 Å². The van der Waals surface area contributed by atoms with E-state index >= 15 is 0 Å². The fourth-order valence-electron chi connectivity index (χ4n) is 4.04. The first-order valence-electron chi connectivity index (χ1n) is 9.85. The second-order valence-electron chi connectivity index (χ2n) is 7.13. The zero-order valence-corrected chi connectivity index (χ0v) is 15.6. The Morgan fingerprint density at radius 3 is 2.38 bits per heavy atom. The number of hydrogen-bond acceptors (Lipinski definition) is 2. The lowest BCUT2D eigenvalue weighted by Gasteiger charge is -2.33. The Hall–Kier alpha value is -2.13. The zero-order valence-electron chi connectivity index (χ0n) is 15.6. The minimum atomic E-state index is -0.295. The smallest absolute Gasteiger partial charge is 0.255 e. The Bertz CT molecular complexity index is 713. The molecule has 0 radical (unpaired) electrons. The van der Waals surface area contributed by atoms with Crippen LogP contribution in [-0.4, -0.2) is 22.5 Å². The third-order valence-electron chi connectivity index (χ3n) is 5.39. The van der Waals surface area contributed by atoms with Crippen LogP contribution in [0.2, 0.25) is 0 Å². The molecule has 2 aromatic carbocycles. The van der Waals surface area contributed by atoms with Crippen LogP contribution in [0.15, 0.2) is 54.6 Å². The SMILES string of the molecule is CCCCCCC[C@H]1c2ccccc2C(=O)N1[C@H](CO)c1ccccc1. The lowest BCUT2D eigenvalue weighted by Crippen LogP contribution is -2.34. The summed E-state index contributed by atoms with van der Waals surface area (Å²) < 4.78 is 0. The van der Waals surface area contributed by atoms with Gasteiger partial charge in [-0.25, -0.2) is 0 Å². The summed E-state index contributed by atoms with van der Waals surface area (Å²) in [6.07, 6.45) is 7.01. The van der Waals surface area contributed by atoms with Crippen molar-refractivity contribution in [1.29, 1.82) is 0 Å². The quantitative estimate of drug-likeness (QED) is 0.625. The van der Waals surface area contributed by atoms with Gasteiger partial charge in [0.05, 0.1) is 18.7 Å². The van der Waals surface area contributed by atoms with Gasteiger partial charge in [-0.2, -0.15) is 0 Å². The first-order valence-corrected chi connectivity index (χ1v) is 9.85. The number of nitrogens with zero attached hydrogens (tertiary/aromatic N) is 1. The van der Waals surface area contributed by atoms with Gasteiger partial charge in [0.25, 0.3) is 5.91 Å². The first kappa shape index (κ1) is 18.7. The molecule has 0 bridgehead atoms. The fraction of sp³-hybridized carbons (Fsp3) is 0.435. The van der Waals surface area contributed by atoms with E-state index in [2.05, 4.69) is 13.0 Å². The number of unbranched alkanes of at least 4 members (excludes halogenated alkanes) is 4. The molecule has 0 spiro atoms. The number of benzene rings is 2. The molecule has 2 atom stereocenters. The van der Waals surface area contributed by atoms with Crippen molar-refractivity contribution in [3.63, 3.8) is 0 Å². The Kier molecular flexibility index (Phi) is 6.45. The fourth-order valence-corrected chi connectivity index (χ4v) is 4.04. The molecule has 1 aliphatic heterocycles. The number of fused-ring (bicyclic) bond motifs is 1. The van der Waals surface area contributed by atoms with Gasteiger partial charge < -0.3 is 10.0 Å². The van der Waals surface area contributed by atoms with Gasteiger partial charge in [0.1, 0.15) is 0 Å². The Labute approximate surface area is 156 Å². The molecule has 1 amide bonds. The number of hydrogen-bond donors (Lipinski definition) is 1. The molecule has 26 heavy (non-hydrogen) atoms. The summed E-state index contributed by atoms with van der Waals surface area (Å²) in [5.41, 5.74) is 2.90. The van der Waals surface area contributed by atoms with Crippen LogP contribution in [0.25, 0.3) is 0 Å². The summed E-state index contributed by atoms with van der Waals surface area (Å²) in [7, 11) is 0. The third kappa shape index (κ3) is 3.83. The van der Waals surface area contributed by atoms with E-state index in [-0.39, 0.29) is 24.6 Å². The maximum Gasteiger partial charge on any atom is 0.255 e. The van der Waals surface area contributed by atoms with Gasteiger partial charge in [-0.05, 0) is 23.6 Å². The van der Waals surface area contributed by atoms with Gasteiger partial charge in [0, 0.05) is 5.56 Å². The number of rotatable bonds is 9. The second kappa shape index (κ2) is 9.00. The van der Waals surface area contributed by atoms with Crippen molar-refractivity contribution >= 4 is 5.91 Å². The van der Waals surface area contributed by atoms with Crippen molar-refractivity contribution < 1.29 is 9.90 Å². The van der Waals surface area contributed by atoms with E-state index in [1.807, 2.05) is 53.4 Å². The molecule has 0 aliphatic carbocycles. The molecule has 3 nitrogen and oxygen atoms in total. The van der Waals surface area contributed by atoms with Crippen LogP contribution in [0.1, 0.15) is 79.0 Å². The molecule has 0 saturated heterocycles. The normalized spacial score (nSPS) is 17.4. The lowest BCUT2D eigenvalue weighted by atomic mass is 9.97. The highest BCUT2D eigenvalue weighted by molar-refractivity contribution is 5.99. The van der Waals surface area contributed by atoms with Crippen molar-refractivity contribution in [2.75, 3.05) is 6.61 Å². The largest absolute Gasteiger partial charge is 0.394 e. The van der Waals surface area contributed by atoms with Crippen LogP contribution in [0.4, 0.5) is 0 Å². The molecule has 2 aromatic rings. The van der Waals surface area contributed by atoms with Crippen molar-refractivity contribution in [1.82, 2.24) is 4.90 Å². The minimum absolute atomic E-state index is 0.0436. The molecule has 1 N–H and O–H groups in total. The van der Waals surface area contributed by atoms with Crippen LogP contribution in [0.5, 0.6) is 0 Å². The van der Waals surface area contributed by atoms with Gasteiger partial charge in [-0.1, -0.05) is 87.6 Å². The molecule has 3 heteroatoms. The molecule has 1 aliphatic rings. The summed E-state index contributed by atoms with van der Waals surface area (Å²) in [6.45, 7) is 2.16. The molecular formula is C23H29NO2. The predicted octanol–water partition coefficient (Wildman–Crippen LogP) is 5.28. The first-order chi connectivity index (χ1) is 12.8. The molecule has 3 rings (SSSR count). The summed E-state index contributed by atoms with van der Waals surface area (Å²) in [5.74, 6) is 0.0436. The van der Waals surface area contributed by atoms with Crippen LogP contribution >= 0.6 is 0 Å². The summed E-state index contributed by atoms with van der Waals surface area (Å²) in [5, 5.41) is 10.1. The van der Waals surface area contributed by atoms with E-state index in [0.717, 1.165) is 29.5 Å². The predicted molar refractivity (Wildman–Crippen MR) is 105 cm³/mol. The number of aliphatic hydroxyl groups is 1. The van der Waals surface area contributed by atoms with Crippen LogP contribution < -0.4 is 0 Å². The molecule has 0 fully saturated rings. The van der Waals surface area contributed by atoms with E-state index in [9.17, 15) is 9.90 Å². The number of aliphatic hydroxyl groups excluding tert-OH is 1. The van der Waals surface area contributed by atoms with E-state index in [4.69, 9.17) is 0 Å². The molecule has 0 aromatic heterocycles. The summed E-state index contributed by atoms with van der Waals surface area (Å²) in [6, 6.07) is 17.6. The molecule has 1 heterocycles. The van der Waals surface area contributed by atoms with Crippen molar-refractivity contribution in [3.05, 3.63) is 71.3 Å². The van der Waals surface area contributed by atoms with Crippen LogP contribution in [0.3, 0.4) is 0 Å². The van der Waals surface area contributed by atoms with E-state index in [1.165, 1.54) is 25.7 Å². The highest BCUT2D eigenvalue weighted by Gasteiger charge is 2.40. The van der Waals surface area contributed by atoms with E-state index in [0.29, 0.717) is 0 Å². The molecule has 0 saturated carbocycles. The Balaban J connectivity index is 1.85. The monoisotopic (exact) mass is 351 g/mol. The zero-order chi connectivity index (χ0) is 18.4. The average molecular weight is 351 g/mol. The Morgan fingerprint density at radius 2 is 1.65 bits per heavy atom. The van der Waals surface area contributed by atoms with Gasteiger partial charge >= 0.3 is 0 Å². The van der Waals surface area contributed by atoms with E-state index < -0.39 is 0 Å². The number of carbonyl (C=O) groups is 1. The van der Waals surface area contributed by atoms with Crippen molar-refractivity contribution in [3.8, 4) is 0 Å². The number of amides is 1. The molecular weight excluding hydrogens is 322 g/mol. The van der Waals surface area contributed by atoms with Gasteiger partial charge in [0.2, 0.25) is 0 Å². The molecule has 0 unspecified atom stereocenters. The highest BCUT2D eigenvalue weighted by Crippen LogP contribution is 2.42. The van der Waals surface area contributed by atoms with E-state index in [1.54, 1.807) is 0 Å². The van der Waals surface area contributed by atoms with Crippen LogP contribution in [0, 0.1) is 0 Å². The third-order valence-corrected chi connectivity index (χ3v) is 5.39. The van der Waals surface area contributed by atoms with Crippen molar-refractivity contribution in [2.45, 2.75) is 57.5 Å². The van der Waals surface area contributed by atoms with Gasteiger partial charge in [0.15, 0.2) is 0 Å². The number of carbonyl (C=O) groups excluding carboxylic acids is 1. The average Bonchev–Trinajstić information content (AvgIpc) is 2.96.